The number of aliphatic hydroxyl groups excluding tert-OH is 1. The smallest absolute Gasteiger partial charge is 0.187 e. The van der Waals surface area contributed by atoms with Crippen molar-refractivity contribution in [3.63, 3.8) is 0 Å². The molecular formula is C34H62O3Si2. The minimum Gasteiger partial charge on any atom is -0.414 e. The second-order valence-corrected chi connectivity index (χ2v) is 23.2. The molecule has 3 aliphatic rings. The molecule has 3 nitrogen and oxygen atoms in total. The Bertz CT molecular complexity index is 876. The van der Waals surface area contributed by atoms with Crippen molar-refractivity contribution in [1.29, 1.82) is 0 Å². The summed E-state index contributed by atoms with van der Waals surface area (Å²) < 4.78 is 13.9. The molecule has 0 bridgehead atoms. The summed E-state index contributed by atoms with van der Waals surface area (Å²) in [4.78, 5) is 0. The molecule has 6 unspecified atom stereocenters. The number of fused-ring (bicyclic) bond motifs is 1. The first-order chi connectivity index (χ1) is 18.4. The highest BCUT2D eigenvalue weighted by molar-refractivity contribution is 6.71. The van der Waals surface area contributed by atoms with Gasteiger partial charge in [0.15, 0.2) is 16.6 Å². The molecule has 0 radical (unpaired) electrons. The molecule has 0 spiro atoms. The molecule has 0 aromatic carbocycles. The number of unbranched alkanes of at least 4 members (excludes halogenated alkanes) is 2. The SMILES string of the molecule is C=C1/C(=C/C=C2\CCCC3(C)C2CCC3C(C)CO)CC(O[Si](C)(C)CCCC)CC1O[Si](C)(C)CCCC. The Morgan fingerprint density at radius 1 is 1.03 bits per heavy atom. The third-order valence-electron chi connectivity index (χ3n) is 10.4. The van der Waals surface area contributed by atoms with Crippen LogP contribution in [0.4, 0.5) is 0 Å². The molecule has 6 atom stereocenters. The Balaban J connectivity index is 1.85. The third-order valence-corrected chi connectivity index (χ3v) is 15.5. The van der Waals surface area contributed by atoms with Crippen molar-refractivity contribution in [2.45, 2.75) is 149 Å². The van der Waals surface area contributed by atoms with E-state index in [0.29, 0.717) is 29.8 Å². The number of rotatable bonds is 13. The predicted molar refractivity (Wildman–Crippen MR) is 173 cm³/mol. The molecular weight excluding hydrogens is 513 g/mol. The van der Waals surface area contributed by atoms with E-state index in [0.717, 1.165) is 12.8 Å². The van der Waals surface area contributed by atoms with Crippen molar-refractivity contribution in [1.82, 2.24) is 0 Å². The first-order valence-corrected chi connectivity index (χ1v) is 22.6. The van der Waals surface area contributed by atoms with Gasteiger partial charge < -0.3 is 14.0 Å². The summed E-state index contributed by atoms with van der Waals surface area (Å²) in [7, 11) is -3.48. The van der Waals surface area contributed by atoms with E-state index in [-0.39, 0.29) is 12.2 Å². The van der Waals surface area contributed by atoms with Crippen LogP contribution >= 0.6 is 0 Å². The van der Waals surface area contributed by atoms with Gasteiger partial charge in [-0.15, -0.1) is 0 Å². The zero-order valence-corrected chi connectivity index (χ0v) is 28.9. The number of hydrogen-bond acceptors (Lipinski definition) is 3. The third kappa shape index (κ3) is 8.53. The lowest BCUT2D eigenvalue weighted by Gasteiger charge is -2.44. The van der Waals surface area contributed by atoms with Crippen LogP contribution in [0, 0.1) is 23.2 Å². The lowest BCUT2D eigenvalue weighted by atomic mass is 9.61. The number of aliphatic hydroxyl groups is 1. The molecule has 5 heteroatoms. The van der Waals surface area contributed by atoms with E-state index in [9.17, 15) is 5.11 Å². The summed E-state index contributed by atoms with van der Waals surface area (Å²) >= 11 is 0. The van der Waals surface area contributed by atoms with Gasteiger partial charge in [0.2, 0.25) is 0 Å². The standard InChI is InChI=1S/C34H62O3Si2/c1-10-12-21-38(6,7)36-30-23-29(27(4)33(24-30)37-39(8,9)22-13-11-2)17-16-28-15-14-20-34(5)31(26(3)25-35)18-19-32(28)34/h16-17,26,30-33,35H,4,10-15,18-25H2,1-3,5-9H3/b28-16+,29-17+. The lowest BCUT2D eigenvalue weighted by Crippen LogP contribution is -2.44. The Morgan fingerprint density at radius 3 is 2.28 bits per heavy atom. The van der Waals surface area contributed by atoms with Gasteiger partial charge in [-0.05, 0) is 111 Å². The monoisotopic (exact) mass is 574 g/mol. The van der Waals surface area contributed by atoms with Gasteiger partial charge in [0.05, 0.1) is 12.2 Å². The molecule has 0 saturated heterocycles. The summed E-state index contributed by atoms with van der Waals surface area (Å²) in [6.45, 7) is 23.9. The van der Waals surface area contributed by atoms with Crippen LogP contribution in [0.2, 0.25) is 38.3 Å². The van der Waals surface area contributed by atoms with Crippen molar-refractivity contribution in [2.75, 3.05) is 6.61 Å². The van der Waals surface area contributed by atoms with Crippen LogP contribution in [0.1, 0.15) is 98.3 Å². The van der Waals surface area contributed by atoms with Gasteiger partial charge in [-0.25, -0.2) is 0 Å². The van der Waals surface area contributed by atoms with Gasteiger partial charge in [-0.1, -0.05) is 77.7 Å². The zero-order chi connectivity index (χ0) is 28.8. The normalized spacial score (nSPS) is 33.1. The van der Waals surface area contributed by atoms with E-state index in [1.54, 1.807) is 5.57 Å². The van der Waals surface area contributed by atoms with Crippen LogP contribution in [-0.2, 0) is 8.85 Å². The Hall–Kier alpha value is -0.466. The Kier molecular flexibility index (Phi) is 12.0. The van der Waals surface area contributed by atoms with Crippen molar-refractivity contribution in [3.8, 4) is 0 Å². The summed E-state index contributed by atoms with van der Waals surface area (Å²) in [5, 5.41) is 9.92. The Morgan fingerprint density at radius 2 is 1.67 bits per heavy atom. The molecule has 3 saturated carbocycles. The van der Waals surface area contributed by atoms with E-state index >= 15 is 0 Å². The second-order valence-electron chi connectivity index (χ2n) is 14.7. The maximum atomic E-state index is 9.92. The van der Waals surface area contributed by atoms with Gasteiger partial charge in [0, 0.05) is 13.0 Å². The van der Waals surface area contributed by atoms with Gasteiger partial charge >= 0.3 is 0 Å². The van der Waals surface area contributed by atoms with E-state index in [1.165, 1.54) is 81.0 Å². The molecule has 39 heavy (non-hydrogen) atoms. The molecule has 224 valence electrons. The predicted octanol–water partition coefficient (Wildman–Crippen LogP) is 9.81. The topological polar surface area (TPSA) is 38.7 Å². The summed E-state index contributed by atoms with van der Waals surface area (Å²) in [5.41, 5.74) is 4.52. The van der Waals surface area contributed by atoms with E-state index < -0.39 is 16.6 Å². The molecule has 3 fully saturated rings. The van der Waals surface area contributed by atoms with E-state index in [4.69, 9.17) is 8.85 Å². The first-order valence-electron chi connectivity index (χ1n) is 16.4. The molecule has 3 rings (SSSR count). The van der Waals surface area contributed by atoms with Crippen molar-refractivity contribution >= 4 is 16.6 Å². The van der Waals surface area contributed by atoms with Gasteiger partial charge in [0.25, 0.3) is 0 Å². The van der Waals surface area contributed by atoms with Crippen molar-refractivity contribution in [3.05, 3.63) is 35.5 Å². The maximum Gasteiger partial charge on any atom is 0.187 e. The highest BCUT2D eigenvalue weighted by Gasteiger charge is 2.50. The van der Waals surface area contributed by atoms with Crippen molar-refractivity contribution in [2.24, 2.45) is 23.2 Å². The highest BCUT2D eigenvalue weighted by Crippen LogP contribution is 2.59. The van der Waals surface area contributed by atoms with E-state index in [2.05, 4.69) is 72.6 Å². The number of hydrogen-bond donors (Lipinski definition) is 1. The van der Waals surface area contributed by atoms with Crippen molar-refractivity contribution < 1.29 is 14.0 Å². The first kappa shape index (κ1) is 33.0. The molecule has 0 aromatic heterocycles. The molecule has 3 aliphatic carbocycles. The fraction of sp³-hybridized carbons (Fsp3) is 0.824. The summed E-state index contributed by atoms with van der Waals surface area (Å²) in [6, 6.07) is 2.45. The minimum atomic E-state index is -1.77. The quantitative estimate of drug-likeness (QED) is 0.222. The van der Waals surface area contributed by atoms with Crippen LogP contribution in [-0.4, -0.2) is 40.6 Å². The van der Waals surface area contributed by atoms with Crippen LogP contribution in [0.25, 0.3) is 0 Å². The average Bonchev–Trinajstić information content (AvgIpc) is 3.24. The van der Waals surface area contributed by atoms with Gasteiger partial charge in [-0.2, -0.15) is 0 Å². The fourth-order valence-corrected chi connectivity index (χ4v) is 12.9. The maximum absolute atomic E-state index is 9.92. The van der Waals surface area contributed by atoms with Gasteiger partial charge in [-0.3, -0.25) is 0 Å². The molecule has 0 aliphatic heterocycles. The fourth-order valence-electron chi connectivity index (χ4n) is 8.14. The minimum absolute atomic E-state index is 0.0841. The Labute approximate surface area is 244 Å². The summed E-state index contributed by atoms with van der Waals surface area (Å²) in [6.07, 6.45) is 18.4. The second kappa shape index (κ2) is 14.1. The van der Waals surface area contributed by atoms with E-state index in [1.807, 2.05) is 0 Å². The zero-order valence-electron chi connectivity index (χ0n) is 26.9. The van der Waals surface area contributed by atoms with Crippen LogP contribution in [0.3, 0.4) is 0 Å². The van der Waals surface area contributed by atoms with Crippen LogP contribution in [0.15, 0.2) is 35.5 Å². The summed E-state index contributed by atoms with van der Waals surface area (Å²) in [5.74, 6) is 1.68. The van der Waals surface area contributed by atoms with Gasteiger partial charge in [0.1, 0.15) is 0 Å². The number of allylic oxidation sites excluding steroid dienone is 3. The molecule has 1 N–H and O–H groups in total. The molecule has 0 aromatic rings. The molecule has 0 amide bonds. The highest BCUT2D eigenvalue weighted by atomic mass is 28.4. The lowest BCUT2D eigenvalue weighted by molar-refractivity contribution is 0.0690. The largest absolute Gasteiger partial charge is 0.414 e. The van der Waals surface area contributed by atoms with Crippen LogP contribution < -0.4 is 0 Å². The molecule has 0 heterocycles. The van der Waals surface area contributed by atoms with Crippen LogP contribution in [0.5, 0.6) is 0 Å². The average molecular weight is 575 g/mol.